The highest BCUT2D eigenvalue weighted by Gasteiger charge is 2.16. The normalized spacial score (nSPS) is 12.5. The number of benzene rings is 1. The molecule has 0 aliphatic heterocycles. The standard InChI is InChI=1S/C14H20ClNO2/c1-3-10(4-2)14(18)16-9-13(17)11-7-5-6-8-12(11)15/h5-8,10,13,17H,3-4,9H2,1-2H3,(H,16,18). The molecule has 0 radical (unpaired) electrons. The Labute approximate surface area is 113 Å². The maximum Gasteiger partial charge on any atom is 0.223 e. The van der Waals surface area contributed by atoms with Crippen LogP contribution in [0.3, 0.4) is 0 Å². The SMILES string of the molecule is CCC(CC)C(=O)NCC(O)c1ccccc1Cl. The molecule has 0 saturated heterocycles. The van der Waals surface area contributed by atoms with E-state index in [1.54, 1.807) is 18.2 Å². The van der Waals surface area contributed by atoms with Gasteiger partial charge in [-0.3, -0.25) is 4.79 Å². The minimum Gasteiger partial charge on any atom is -0.387 e. The first-order valence-electron chi connectivity index (χ1n) is 6.30. The number of halogens is 1. The van der Waals surface area contributed by atoms with E-state index in [0.717, 1.165) is 12.8 Å². The minimum atomic E-state index is -0.767. The second-order valence-electron chi connectivity index (χ2n) is 4.30. The Bertz CT molecular complexity index is 391. The third kappa shape index (κ3) is 4.00. The van der Waals surface area contributed by atoms with Gasteiger partial charge in [0.2, 0.25) is 5.91 Å². The number of rotatable bonds is 6. The second kappa shape index (κ2) is 7.39. The highest BCUT2D eigenvalue weighted by atomic mass is 35.5. The number of amides is 1. The number of aliphatic hydroxyl groups excluding tert-OH is 1. The Hall–Kier alpha value is -1.06. The van der Waals surface area contributed by atoms with Crippen molar-refractivity contribution in [3.63, 3.8) is 0 Å². The van der Waals surface area contributed by atoms with Crippen LogP contribution in [0.1, 0.15) is 38.4 Å². The number of hydrogen-bond acceptors (Lipinski definition) is 2. The molecule has 0 spiro atoms. The lowest BCUT2D eigenvalue weighted by atomic mass is 10.0. The molecule has 0 saturated carbocycles. The van der Waals surface area contributed by atoms with E-state index in [1.165, 1.54) is 0 Å². The van der Waals surface area contributed by atoms with Gasteiger partial charge in [-0.2, -0.15) is 0 Å². The largest absolute Gasteiger partial charge is 0.387 e. The minimum absolute atomic E-state index is 0.00824. The number of nitrogens with one attached hydrogen (secondary N) is 1. The number of carbonyl (C=O) groups is 1. The van der Waals surface area contributed by atoms with Gasteiger partial charge in [-0.25, -0.2) is 0 Å². The molecule has 18 heavy (non-hydrogen) atoms. The van der Waals surface area contributed by atoms with Gasteiger partial charge in [0.15, 0.2) is 0 Å². The molecule has 1 atom stereocenters. The van der Waals surface area contributed by atoms with Crippen molar-refractivity contribution in [1.82, 2.24) is 5.32 Å². The summed E-state index contributed by atoms with van der Waals surface area (Å²) in [5.41, 5.74) is 0.643. The van der Waals surface area contributed by atoms with Gasteiger partial charge < -0.3 is 10.4 Å². The average Bonchev–Trinajstić information content (AvgIpc) is 2.38. The van der Waals surface area contributed by atoms with Gasteiger partial charge >= 0.3 is 0 Å². The molecule has 0 aliphatic rings. The maximum absolute atomic E-state index is 11.8. The van der Waals surface area contributed by atoms with E-state index in [9.17, 15) is 9.90 Å². The number of aliphatic hydroxyl groups is 1. The van der Waals surface area contributed by atoms with Crippen molar-refractivity contribution < 1.29 is 9.90 Å². The van der Waals surface area contributed by atoms with E-state index in [0.29, 0.717) is 10.6 Å². The van der Waals surface area contributed by atoms with Gasteiger partial charge in [0.25, 0.3) is 0 Å². The lowest BCUT2D eigenvalue weighted by molar-refractivity contribution is -0.125. The third-order valence-electron chi connectivity index (χ3n) is 3.09. The molecule has 1 aromatic carbocycles. The molecular formula is C14H20ClNO2. The number of carbonyl (C=O) groups excluding carboxylic acids is 1. The molecule has 1 aromatic rings. The lowest BCUT2D eigenvalue weighted by Crippen LogP contribution is -2.33. The van der Waals surface area contributed by atoms with E-state index in [1.807, 2.05) is 19.9 Å². The second-order valence-corrected chi connectivity index (χ2v) is 4.70. The zero-order chi connectivity index (χ0) is 13.5. The van der Waals surface area contributed by atoms with Gasteiger partial charge in [0.1, 0.15) is 0 Å². The van der Waals surface area contributed by atoms with Crippen LogP contribution in [0.2, 0.25) is 5.02 Å². The highest BCUT2D eigenvalue weighted by molar-refractivity contribution is 6.31. The fourth-order valence-corrected chi connectivity index (χ4v) is 2.12. The molecule has 1 unspecified atom stereocenters. The van der Waals surface area contributed by atoms with Crippen molar-refractivity contribution in [3.8, 4) is 0 Å². The summed E-state index contributed by atoms with van der Waals surface area (Å²) in [6, 6.07) is 7.10. The molecule has 0 aromatic heterocycles. The predicted molar refractivity (Wildman–Crippen MR) is 73.5 cm³/mol. The van der Waals surface area contributed by atoms with Gasteiger partial charge in [0, 0.05) is 23.0 Å². The molecule has 4 heteroatoms. The summed E-state index contributed by atoms with van der Waals surface area (Å²) in [6.45, 7) is 4.16. The monoisotopic (exact) mass is 269 g/mol. The maximum atomic E-state index is 11.8. The quantitative estimate of drug-likeness (QED) is 0.834. The third-order valence-corrected chi connectivity index (χ3v) is 3.43. The molecule has 2 N–H and O–H groups in total. The first kappa shape index (κ1) is 15.0. The van der Waals surface area contributed by atoms with E-state index >= 15 is 0 Å². The molecule has 1 amide bonds. The molecule has 0 aliphatic carbocycles. The van der Waals surface area contributed by atoms with Crippen LogP contribution in [0, 0.1) is 5.92 Å². The Balaban J connectivity index is 2.54. The van der Waals surface area contributed by atoms with Crippen LogP contribution in [-0.4, -0.2) is 17.6 Å². The van der Waals surface area contributed by atoms with Crippen molar-refractivity contribution in [2.45, 2.75) is 32.8 Å². The molecule has 0 fully saturated rings. The van der Waals surface area contributed by atoms with Crippen LogP contribution in [0.15, 0.2) is 24.3 Å². The average molecular weight is 270 g/mol. The zero-order valence-electron chi connectivity index (χ0n) is 10.8. The smallest absolute Gasteiger partial charge is 0.223 e. The molecule has 3 nitrogen and oxygen atoms in total. The first-order valence-corrected chi connectivity index (χ1v) is 6.68. The molecule has 1 rings (SSSR count). The Kier molecular flexibility index (Phi) is 6.16. The van der Waals surface area contributed by atoms with Gasteiger partial charge in [-0.1, -0.05) is 43.6 Å². The molecule has 0 bridgehead atoms. The number of hydrogen-bond donors (Lipinski definition) is 2. The summed E-state index contributed by atoms with van der Waals surface area (Å²) in [4.78, 5) is 11.8. The summed E-state index contributed by atoms with van der Waals surface area (Å²) >= 11 is 5.98. The van der Waals surface area contributed by atoms with Crippen molar-refractivity contribution in [1.29, 1.82) is 0 Å². The van der Waals surface area contributed by atoms with Gasteiger partial charge in [-0.05, 0) is 18.9 Å². The van der Waals surface area contributed by atoms with Crippen molar-refractivity contribution in [2.24, 2.45) is 5.92 Å². The van der Waals surface area contributed by atoms with Crippen LogP contribution in [0.5, 0.6) is 0 Å². The lowest BCUT2D eigenvalue weighted by Gasteiger charge is -2.16. The van der Waals surface area contributed by atoms with Crippen molar-refractivity contribution >= 4 is 17.5 Å². The zero-order valence-corrected chi connectivity index (χ0v) is 11.6. The van der Waals surface area contributed by atoms with Crippen molar-refractivity contribution in [2.75, 3.05) is 6.54 Å². The Morgan fingerprint density at radius 1 is 1.33 bits per heavy atom. The summed E-state index contributed by atoms with van der Waals surface area (Å²) < 4.78 is 0. The van der Waals surface area contributed by atoms with Crippen LogP contribution in [0.4, 0.5) is 0 Å². The topological polar surface area (TPSA) is 49.3 Å². The van der Waals surface area contributed by atoms with Crippen LogP contribution in [-0.2, 0) is 4.79 Å². The molecular weight excluding hydrogens is 250 g/mol. The summed E-state index contributed by atoms with van der Waals surface area (Å²) in [7, 11) is 0. The Morgan fingerprint density at radius 3 is 2.50 bits per heavy atom. The fourth-order valence-electron chi connectivity index (χ4n) is 1.86. The summed E-state index contributed by atoms with van der Waals surface area (Å²) in [6.07, 6.45) is 0.853. The highest BCUT2D eigenvalue weighted by Crippen LogP contribution is 2.22. The van der Waals surface area contributed by atoms with Crippen LogP contribution >= 0.6 is 11.6 Å². The van der Waals surface area contributed by atoms with E-state index in [4.69, 9.17) is 11.6 Å². The molecule has 0 heterocycles. The van der Waals surface area contributed by atoms with E-state index < -0.39 is 6.10 Å². The van der Waals surface area contributed by atoms with Crippen molar-refractivity contribution in [3.05, 3.63) is 34.9 Å². The van der Waals surface area contributed by atoms with Gasteiger partial charge in [-0.15, -0.1) is 0 Å². The molecule has 100 valence electrons. The first-order chi connectivity index (χ1) is 8.60. The van der Waals surface area contributed by atoms with Crippen LogP contribution in [0.25, 0.3) is 0 Å². The van der Waals surface area contributed by atoms with Crippen LogP contribution < -0.4 is 5.32 Å². The fraction of sp³-hybridized carbons (Fsp3) is 0.500. The van der Waals surface area contributed by atoms with Gasteiger partial charge in [0.05, 0.1) is 6.10 Å². The summed E-state index contributed by atoms with van der Waals surface area (Å²) in [5.74, 6) is 0.00884. The Morgan fingerprint density at radius 2 is 1.94 bits per heavy atom. The predicted octanol–water partition coefficient (Wildman–Crippen LogP) is 2.93. The van der Waals surface area contributed by atoms with E-state index in [-0.39, 0.29) is 18.4 Å². The van der Waals surface area contributed by atoms with E-state index in [2.05, 4.69) is 5.32 Å². The summed E-state index contributed by atoms with van der Waals surface area (Å²) in [5, 5.41) is 13.3.